The van der Waals surface area contributed by atoms with E-state index in [1.165, 1.54) is 0 Å². The predicted octanol–water partition coefficient (Wildman–Crippen LogP) is 2.15. The molecule has 144 valence electrons. The van der Waals surface area contributed by atoms with Gasteiger partial charge in [-0.25, -0.2) is 4.79 Å². The molecule has 0 aliphatic heterocycles. The van der Waals surface area contributed by atoms with Gasteiger partial charge in [0.15, 0.2) is 0 Å². The van der Waals surface area contributed by atoms with E-state index in [9.17, 15) is 9.59 Å². The second kappa shape index (κ2) is 9.28. The van der Waals surface area contributed by atoms with E-state index in [2.05, 4.69) is 10.6 Å². The highest BCUT2D eigenvalue weighted by atomic mass is 16.5. The molecule has 1 aromatic carbocycles. The quantitative estimate of drug-likeness (QED) is 0.620. The van der Waals surface area contributed by atoms with E-state index in [0.717, 1.165) is 12.8 Å². The van der Waals surface area contributed by atoms with Gasteiger partial charge >= 0.3 is 12.0 Å². The van der Waals surface area contributed by atoms with Crippen LogP contribution < -0.4 is 20.1 Å². The van der Waals surface area contributed by atoms with Crippen molar-refractivity contribution >= 4 is 17.7 Å². The van der Waals surface area contributed by atoms with Gasteiger partial charge in [-0.05, 0) is 38.4 Å². The standard InChI is InChI=1S/C18H27N3O5/c1-4-21(11-17(22)23)13-8-12(9-13)19-18(24)20-15-10-14(25-3)6-7-16(15)26-5-2/h6-7,10,12-13H,4-5,8-9,11H2,1-3H3,(H,22,23)(H2,19,20,24). The normalized spacial score (nSPS) is 18.8. The molecule has 1 fully saturated rings. The Labute approximate surface area is 153 Å². The third kappa shape index (κ3) is 5.26. The van der Waals surface area contributed by atoms with Crippen molar-refractivity contribution in [2.45, 2.75) is 38.8 Å². The van der Waals surface area contributed by atoms with Gasteiger partial charge in [-0.3, -0.25) is 9.69 Å². The number of amides is 2. The number of methoxy groups -OCH3 is 1. The molecule has 3 N–H and O–H groups in total. The number of hydrogen-bond donors (Lipinski definition) is 3. The molecule has 0 unspecified atom stereocenters. The van der Waals surface area contributed by atoms with Crippen LogP contribution in [-0.4, -0.2) is 60.9 Å². The summed E-state index contributed by atoms with van der Waals surface area (Å²) in [4.78, 5) is 25.0. The zero-order valence-electron chi connectivity index (χ0n) is 15.4. The second-order valence-corrected chi connectivity index (χ2v) is 6.17. The van der Waals surface area contributed by atoms with Gasteiger partial charge in [0, 0.05) is 18.2 Å². The molecule has 1 aliphatic rings. The molecule has 0 spiro atoms. The molecule has 1 saturated carbocycles. The SMILES string of the molecule is CCOc1ccc(OC)cc1NC(=O)NC1CC(N(CC)CC(=O)O)C1. The van der Waals surface area contributed by atoms with Crippen LogP contribution in [-0.2, 0) is 4.79 Å². The fourth-order valence-electron chi connectivity index (χ4n) is 3.04. The van der Waals surface area contributed by atoms with E-state index in [4.69, 9.17) is 14.6 Å². The van der Waals surface area contributed by atoms with Crippen molar-refractivity contribution < 1.29 is 24.2 Å². The summed E-state index contributed by atoms with van der Waals surface area (Å²) < 4.78 is 10.7. The maximum absolute atomic E-state index is 12.3. The number of nitrogens with zero attached hydrogens (tertiary/aromatic N) is 1. The summed E-state index contributed by atoms with van der Waals surface area (Å²) in [7, 11) is 1.56. The first-order valence-corrected chi connectivity index (χ1v) is 8.81. The highest BCUT2D eigenvalue weighted by Gasteiger charge is 2.34. The Morgan fingerprint density at radius 2 is 2.04 bits per heavy atom. The Balaban J connectivity index is 1.87. The minimum absolute atomic E-state index is 0.0294. The van der Waals surface area contributed by atoms with Gasteiger partial charge in [-0.15, -0.1) is 0 Å². The van der Waals surface area contributed by atoms with E-state index in [0.29, 0.717) is 30.3 Å². The minimum Gasteiger partial charge on any atom is -0.497 e. The lowest BCUT2D eigenvalue weighted by molar-refractivity contribution is -0.139. The van der Waals surface area contributed by atoms with Gasteiger partial charge in [0.1, 0.15) is 11.5 Å². The van der Waals surface area contributed by atoms with Crippen LogP contribution in [0.5, 0.6) is 11.5 Å². The Bertz CT molecular complexity index is 631. The van der Waals surface area contributed by atoms with Crippen molar-refractivity contribution in [1.29, 1.82) is 0 Å². The van der Waals surface area contributed by atoms with E-state index in [1.54, 1.807) is 25.3 Å². The lowest BCUT2D eigenvalue weighted by Gasteiger charge is -2.42. The summed E-state index contributed by atoms with van der Waals surface area (Å²) in [6.07, 6.45) is 1.48. The van der Waals surface area contributed by atoms with Gasteiger partial charge in [-0.2, -0.15) is 0 Å². The molecule has 26 heavy (non-hydrogen) atoms. The minimum atomic E-state index is -0.831. The Hall–Kier alpha value is -2.48. The molecule has 0 saturated heterocycles. The highest BCUT2D eigenvalue weighted by molar-refractivity contribution is 5.91. The van der Waals surface area contributed by atoms with Crippen LogP contribution in [0.4, 0.5) is 10.5 Å². The van der Waals surface area contributed by atoms with Gasteiger partial charge < -0.3 is 25.2 Å². The molecular formula is C18H27N3O5. The number of likely N-dealkylation sites (N-methyl/N-ethyl adjacent to an activating group) is 1. The van der Waals surface area contributed by atoms with Crippen LogP contribution >= 0.6 is 0 Å². The van der Waals surface area contributed by atoms with Crippen LogP contribution in [0.3, 0.4) is 0 Å². The van der Waals surface area contributed by atoms with Crippen LogP contribution in [0.25, 0.3) is 0 Å². The molecule has 0 radical (unpaired) electrons. The Morgan fingerprint density at radius 1 is 1.31 bits per heavy atom. The fraction of sp³-hybridized carbons (Fsp3) is 0.556. The smallest absolute Gasteiger partial charge is 0.319 e. The number of carbonyl (C=O) groups is 2. The van der Waals surface area contributed by atoms with Gasteiger partial charge in [0.05, 0.1) is 25.9 Å². The second-order valence-electron chi connectivity index (χ2n) is 6.17. The third-order valence-corrected chi connectivity index (χ3v) is 4.44. The lowest BCUT2D eigenvalue weighted by atomic mass is 9.85. The number of carbonyl (C=O) groups excluding carboxylic acids is 1. The van der Waals surface area contributed by atoms with Crippen molar-refractivity contribution in [3.63, 3.8) is 0 Å². The largest absolute Gasteiger partial charge is 0.497 e. The number of rotatable bonds is 9. The molecule has 0 bridgehead atoms. The first-order valence-electron chi connectivity index (χ1n) is 8.81. The fourth-order valence-corrected chi connectivity index (χ4v) is 3.04. The van der Waals surface area contributed by atoms with Gasteiger partial charge in [0.25, 0.3) is 0 Å². The first-order chi connectivity index (χ1) is 12.5. The maximum atomic E-state index is 12.3. The van der Waals surface area contributed by atoms with E-state index < -0.39 is 5.97 Å². The summed E-state index contributed by atoms with van der Waals surface area (Å²) in [5, 5.41) is 14.6. The van der Waals surface area contributed by atoms with Crippen molar-refractivity contribution in [3.8, 4) is 11.5 Å². The maximum Gasteiger partial charge on any atom is 0.319 e. The monoisotopic (exact) mass is 365 g/mol. The summed E-state index contributed by atoms with van der Waals surface area (Å²) in [5.74, 6) is 0.371. The Kier molecular flexibility index (Phi) is 7.08. The van der Waals surface area contributed by atoms with Crippen LogP contribution in [0.15, 0.2) is 18.2 Å². The number of urea groups is 1. The average Bonchev–Trinajstić information content (AvgIpc) is 2.57. The molecule has 2 rings (SSSR count). The molecule has 8 nitrogen and oxygen atoms in total. The number of nitrogens with one attached hydrogen (secondary N) is 2. The van der Waals surface area contributed by atoms with Crippen LogP contribution in [0, 0.1) is 0 Å². The number of carboxylic acids is 1. The molecule has 8 heteroatoms. The number of anilines is 1. The topological polar surface area (TPSA) is 100 Å². The highest BCUT2D eigenvalue weighted by Crippen LogP contribution is 2.30. The molecule has 2 amide bonds. The summed E-state index contributed by atoms with van der Waals surface area (Å²) in [6.45, 7) is 5.01. The summed E-state index contributed by atoms with van der Waals surface area (Å²) in [6, 6.07) is 5.14. The third-order valence-electron chi connectivity index (χ3n) is 4.44. The van der Waals surface area contributed by atoms with Crippen molar-refractivity contribution in [2.24, 2.45) is 0 Å². The van der Waals surface area contributed by atoms with E-state index >= 15 is 0 Å². The molecule has 1 aliphatic carbocycles. The number of benzene rings is 1. The summed E-state index contributed by atoms with van der Waals surface area (Å²) in [5.41, 5.74) is 0.542. The zero-order valence-corrected chi connectivity index (χ0v) is 15.4. The predicted molar refractivity (Wildman–Crippen MR) is 98.0 cm³/mol. The van der Waals surface area contributed by atoms with E-state index in [1.807, 2.05) is 18.7 Å². The van der Waals surface area contributed by atoms with Crippen LogP contribution in [0.1, 0.15) is 26.7 Å². The number of carboxylic acid groups (broad SMARTS) is 1. The zero-order chi connectivity index (χ0) is 19.1. The Morgan fingerprint density at radius 3 is 2.62 bits per heavy atom. The number of ether oxygens (including phenoxy) is 2. The van der Waals surface area contributed by atoms with E-state index in [-0.39, 0.29) is 24.7 Å². The van der Waals surface area contributed by atoms with Gasteiger partial charge in [-0.1, -0.05) is 6.92 Å². The molecule has 0 atom stereocenters. The van der Waals surface area contributed by atoms with Crippen molar-refractivity contribution in [1.82, 2.24) is 10.2 Å². The molecular weight excluding hydrogens is 338 g/mol. The number of aliphatic carboxylic acids is 1. The average molecular weight is 365 g/mol. The first kappa shape index (κ1) is 19.8. The molecule has 0 heterocycles. The summed E-state index contributed by atoms with van der Waals surface area (Å²) >= 11 is 0. The van der Waals surface area contributed by atoms with Crippen molar-refractivity contribution in [3.05, 3.63) is 18.2 Å². The molecule has 1 aromatic rings. The molecule has 0 aromatic heterocycles. The van der Waals surface area contributed by atoms with Crippen LogP contribution in [0.2, 0.25) is 0 Å². The lowest BCUT2D eigenvalue weighted by Crippen LogP contribution is -2.55. The number of hydrogen-bond acceptors (Lipinski definition) is 5. The van der Waals surface area contributed by atoms with Gasteiger partial charge in [0.2, 0.25) is 0 Å². The van der Waals surface area contributed by atoms with Crippen molar-refractivity contribution in [2.75, 3.05) is 32.1 Å².